The summed E-state index contributed by atoms with van der Waals surface area (Å²) >= 11 is 0. The molecule has 2 aromatic carbocycles. The van der Waals surface area contributed by atoms with Crippen LogP contribution in [0, 0.1) is 19.8 Å². The number of piperidine rings is 1. The molecule has 170 valence electrons. The van der Waals surface area contributed by atoms with Crippen LogP contribution in [0.25, 0.3) is 0 Å². The zero-order valence-electron chi connectivity index (χ0n) is 20.0. The Bertz CT molecular complexity index is 751. The van der Waals surface area contributed by atoms with Crippen LogP contribution in [0.1, 0.15) is 80.5 Å². The lowest BCUT2D eigenvalue weighted by molar-refractivity contribution is 0.308. The molecule has 0 spiro atoms. The van der Waals surface area contributed by atoms with E-state index in [4.69, 9.17) is 9.47 Å². The van der Waals surface area contributed by atoms with E-state index in [2.05, 4.69) is 69.4 Å². The maximum Gasteiger partial charge on any atom is 0.119 e. The molecule has 0 bridgehead atoms. The largest absolute Gasteiger partial charge is 0.494 e. The first kappa shape index (κ1) is 23.7. The molecule has 3 rings (SSSR count). The normalized spacial score (nSPS) is 16.5. The van der Waals surface area contributed by atoms with Crippen LogP contribution >= 0.6 is 0 Å². The number of unbranched alkanes of at least 4 members (excludes halogenated alkanes) is 2. The van der Waals surface area contributed by atoms with Gasteiger partial charge in [0.05, 0.1) is 13.2 Å². The number of ether oxygens (including phenoxy) is 2. The minimum atomic E-state index is 0.391. The molecule has 1 fully saturated rings. The second kappa shape index (κ2) is 12.1. The van der Waals surface area contributed by atoms with E-state index in [1.54, 1.807) is 0 Å². The van der Waals surface area contributed by atoms with Crippen molar-refractivity contribution in [3.63, 3.8) is 0 Å². The first-order valence-electron chi connectivity index (χ1n) is 12.3. The Labute approximate surface area is 189 Å². The van der Waals surface area contributed by atoms with E-state index in [1.165, 1.54) is 35.1 Å². The fourth-order valence-electron chi connectivity index (χ4n) is 4.68. The van der Waals surface area contributed by atoms with Gasteiger partial charge in [-0.2, -0.15) is 0 Å². The summed E-state index contributed by atoms with van der Waals surface area (Å²) < 4.78 is 11.9. The summed E-state index contributed by atoms with van der Waals surface area (Å²) in [5.74, 6) is 2.98. The maximum atomic E-state index is 5.97. The molecule has 1 N–H and O–H groups in total. The van der Waals surface area contributed by atoms with Crippen molar-refractivity contribution in [3.8, 4) is 11.5 Å². The average molecular weight is 424 g/mol. The van der Waals surface area contributed by atoms with Crippen LogP contribution in [0.5, 0.6) is 11.5 Å². The molecule has 3 heteroatoms. The quantitative estimate of drug-likeness (QED) is 0.403. The lowest BCUT2D eigenvalue weighted by atomic mass is 9.75. The first-order valence-corrected chi connectivity index (χ1v) is 12.3. The molecular formula is C28H41NO2. The third-order valence-corrected chi connectivity index (χ3v) is 6.49. The molecule has 1 aliphatic rings. The van der Waals surface area contributed by atoms with Crippen LogP contribution in [0.2, 0.25) is 0 Å². The number of rotatable bonds is 11. The third-order valence-electron chi connectivity index (χ3n) is 6.49. The maximum absolute atomic E-state index is 5.97. The average Bonchev–Trinajstić information content (AvgIpc) is 2.78. The molecule has 0 radical (unpaired) electrons. The highest BCUT2D eigenvalue weighted by Gasteiger charge is 2.29. The van der Waals surface area contributed by atoms with Gasteiger partial charge in [0, 0.05) is 5.92 Å². The topological polar surface area (TPSA) is 30.5 Å². The Morgan fingerprint density at radius 1 is 0.871 bits per heavy atom. The molecule has 1 atom stereocenters. The predicted molar refractivity (Wildman–Crippen MR) is 131 cm³/mol. The van der Waals surface area contributed by atoms with Gasteiger partial charge in [0.1, 0.15) is 11.5 Å². The fraction of sp³-hybridized carbons (Fsp3) is 0.571. The highest BCUT2D eigenvalue weighted by atomic mass is 16.5. The van der Waals surface area contributed by atoms with Crippen LogP contribution in [0.15, 0.2) is 36.4 Å². The number of hydrogen-bond donors (Lipinski definition) is 1. The molecule has 0 aliphatic carbocycles. The molecule has 0 aromatic heterocycles. The van der Waals surface area contributed by atoms with Gasteiger partial charge in [0.15, 0.2) is 0 Å². The number of benzene rings is 2. The summed E-state index contributed by atoms with van der Waals surface area (Å²) in [4.78, 5) is 0. The van der Waals surface area contributed by atoms with Crippen LogP contribution in [0.4, 0.5) is 0 Å². The lowest BCUT2D eigenvalue weighted by Crippen LogP contribution is -2.34. The summed E-state index contributed by atoms with van der Waals surface area (Å²) in [6.07, 6.45) is 7.03. The summed E-state index contributed by atoms with van der Waals surface area (Å²) in [5.41, 5.74) is 5.51. The molecule has 1 heterocycles. The third kappa shape index (κ3) is 6.49. The van der Waals surface area contributed by atoms with Gasteiger partial charge in [-0.05, 0) is 105 Å². The van der Waals surface area contributed by atoms with Crippen molar-refractivity contribution < 1.29 is 9.47 Å². The van der Waals surface area contributed by atoms with Gasteiger partial charge in [-0.15, -0.1) is 0 Å². The summed E-state index contributed by atoms with van der Waals surface area (Å²) in [6.45, 7) is 12.7. The van der Waals surface area contributed by atoms with E-state index in [0.29, 0.717) is 11.8 Å². The summed E-state index contributed by atoms with van der Waals surface area (Å²) in [6, 6.07) is 13.4. The van der Waals surface area contributed by atoms with Crippen LogP contribution in [-0.4, -0.2) is 26.3 Å². The molecule has 3 nitrogen and oxygen atoms in total. The van der Waals surface area contributed by atoms with Crippen LogP contribution in [0.3, 0.4) is 0 Å². The van der Waals surface area contributed by atoms with Gasteiger partial charge in [-0.1, -0.05) is 38.8 Å². The summed E-state index contributed by atoms with van der Waals surface area (Å²) in [7, 11) is 0. The van der Waals surface area contributed by atoms with Crippen molar-refractivity contribution in [2.75, 3.05) is 26.3 Å². The Morgan fingerprint density at radius 2 is 1.42 bits per heavy atom. The van der Waals surface area contributed by atoms with Gasteiger partial charge in [0.25, 0.3) is 0 Å². The van der Waals surface area contributed by atoms with Crippen molar-refractivity contribution in [1.29, 1.82) is 0 Å². The SMILES string of the molecule is CCCCOc1ccc(C(c2ccc(OCCCC)cc2C)C2CCCNC2)c(C)c1. The van der Waals surface area contributed by atoms with Gasteiger partial charge in [-0.3, -0.25) is 0 Å². The van der Waals surface area contributed by atoms with Gasteiger partial charge < -0.3 is 14.8 Å². The minimum Gasteiger partial charge on any atom is -0.494 e. The molecule has 1 aliphatic heterocycles. The number of nitrogens with one attached hydrogen (secondary N) is 1. The van der Waals surface area contributed by atoms with E-state index in [1.807, 2.05) is 0 Å². The molecule has 2 aromatic rings. The zero-order chi connectivity index (χ0) is 22.1. The van der Waals surface area contributed by atoms with Gasteiger partial charge in [-0.25, -0.2) is 0 Å². The highest BCUT2D eigenvalue weighted by molar-refractivity contribution is 5.46. The van der Waals surface area contributed by atoms with Crippen molar-refractivity contribution in [3.05, 3.63) is 58.7 Å². The van der Waals surface area contributed by atoms with Gasteiger partial charge >= 0.3 is 0 Å². The second-order valence-electron chi connectivity index (χ2n) is 9.02. The van der Waals surface area contributed by atoms with Crippen LogP contribution in [-0.2, 0) is 0 Å². The number of aryl methyl sites for hydroxylation is 2. The Balaban J connectivity index is 1.88. The highest BCUT2D eigenvalue weighted by Crippen LogP contribution is 2.40. The molecule has 31 heavy (non-hydrogen) atoms. The number of hydrogen-bond acceptors (Lipinski definition) is 3. The Hall–Kier alpha value is -2.00. The summed E-state index contributed by atoms with van der Waals surface area (Å²) in [5, 5.41) is 3.64. The van der Waals surface area contributed by atoms with E-state index < -0.39 is 0 Å². The standard InChI is InChI=1S/C28H41NO2/c1-5-7-16-30-24-11-13-26(21(3)18-24)28(23-10-9-15-29-20-23)27-14-12-25(19-22(27)4)31-17-8-6-2/h11-14,18-19,23,28-29H,5-10,15-17,20H2,1-4H3. The molecule has 1 unspecified atom stereocenters. The molecular weight excluding hydrogens is 382 g/mol. The predicted octanol–water partition coefficient (Wildman–Crippen LogP) is 6.79. The lowest BCUT2D eigenvalue weighted by Gasteiger charge is -2.33. The molecule has 0 amide bonds. The van der Waals surface area contributed by atoms with Crippen molar-refractivity contribution in [2.45, 2.75) is 72.1 Å². The van der Waals surface area contributed by atoms with Crippen LogP contribution < -0.4 is 14.8 Å². The molecule has 0 saturated carbocycles. The fourth-order valence-corrected chi connectivity index (χ4v) is 4.68. The van der Waals surface area contributed by atoms with E-state index in [9.17, 15) is 0 Å². The van der Waals surface area contributed by atoms with Crippen molar-refractivity contribution in [2.24, 2.45) is 5.92 Å². The van der Waals surface area contributed by atoms with Crippen molar-refractivity contribution in [1.82, 2.24) is 5.32 Å². The smallest absolute Gasteiger partial charge is 0.119 e. The molecule has 1 saturated heterocycles. The Morgan fingerprint density at radius 3 is 1.84 bits per heavy atom. The zero-order valence-corrected chi connectivity index (χ0v) is 20.0. The monoisotopic (exact) mass is 423 g/mol. The van der Waals surface area contributed by atoms with Crippen molar-refractivity contribution >= 4 is 0 Å². The second-order valence-corrected chi connectivity index (χ2v) is 9.02. The Kier molecular flexibility index (Phi) is 9.27. The van der Waals surface area contributed by atoms with E-state index >= 15 is 0 Å². The van der Waals surface area contributed by atoms with E-state index in [0.717, 1.165) is 63.5 Å². The van der Waals surface area contributed by atoms with Gasteiger partial charge in [0.2, 0.25) is 0 Å². The minimum absolute atomic E-state index is 0.391. The first-order chi connectivity index (χ1) is 15.1. The van der Waals surface area contributed by atoms with E-state index in [-0.39, 0.29) is 0 Å².